The predicted molar refractivity (Wildman–Crippen MR) is 118 cm³/mol. The van der Waals surface area contributed by atoms with Crippen LogP contribution in [-0.4, -0.2) is 40.7 Å². The van der Waals surface area contributed by atoms with Crippen molar-refractivity contribution in [3.05, 3.63) is 41.2 Å². The van der Waals surface area contributed by atoms with Gasteiger partial charge in [-0.2, -0.15) is 5.10 Å². The van der Waals surface area contributed by atoms with Crippen LogP contribution in [0.4, 0.5) is 11.4 Å². The van der Waals surface area contributed by atoms with E-state index in [0.717, 1.165) is 23.4 Å². The summed E-state index contributed by atoms with van der Waals surface area (Å²) in [6, 6.07) is 7.79. The van der Waals surface area contributed by atoms with Crippen LogP contribution in [0.15, 0.2) is 24.3 Å². The number of carbonyl (C=O) groups excluding carboxylic acids is 3. The Bertz CT molecular complexity index is 997. The first-order valence-corrected chi connectivity index (χ1v) is 10.6. The highest BCUT2D eigenvalue weighted by Gasteiger charge is 2.37. The van der Waals surface area contributed by atoms with Gasteiger partial charge < -0.3 is 15.0 Å². The molecule has 2 amide bonds. The molecule has 1 N–H and O–H groups in total. The predicted octanol–water partition coefficient (Wildman–Crippen LogP) is 3.09. The molecule has 2 aromatic rings. The number of carbonyl (C=O) groups is 3. The third-order valence-corrected chi connectivity index (χ3v) is 5.95. The second-order valence-electron chi connectivity index (χ2n) is 8.10. The van der Waals surface area contributed by atoms with Gasteiger partial charge in [-0.15, -0.1) is 0 Å². The number of hydrogen-bond donors (Lipinski definition) is 1. The van der Waals surface area contributed by atoms with E-state index >= 15 is 0 Å². The topological polar surface area (TPSA) is 93.5 Å². The standard InChI is InChI=1S/C23H30N4O4/c1-6-14(2)18-9-7-8-10-19(18)27-12-17(11-21(27)29)23(30)31-13-20(28)24-22-15(3)25-26(5)16(22)4/h7-10,14,17H,6,11-13H2,1-5H3,(H,24,28)/t14-,17-/m0/s1. The van der Waals surface area contributed by atoms with Crippen molar-refractivity contribution in [2.45, 2.75) is 46.5 Å². The van der Waals surface area contributed by atoms with Crippen molar-refractivity contribution in [1.29, 1.82) is 0 Å². The zero-order valence-electron chi connectivity index (χ0n) is 18.8. The lowest BCUT2D eigenvalue weighted by Crippen LogP contribution is -2.29. The zero-order valence-corrected chi connectivity index (χ0v) is 18.8. The van der Waals surface area contributed by atoms with E-state index in [-0.39, 0.29) is 18.9 Å². The fraction of sp³-hybridized carbons (Fsp3) is 0.478. The number of hydrogen-bond acceptors (Lipinski definition) is 5. The molecule has 31 heavy (non-hydrogen) atoms. The Hall–Kier alpha value is -3.16. The minimum atomic E-state index is -0.591. The largest absolute Gasteiger partial charge is 0.455 e. The molecule has 1 aromatic carbocycles. The van der Waals surface area contributed by atoms with Gasteiger partial charge in [0.2, 0.25) is 5.91 Å². The molecule has 0 aliphatic carbocycles. The summed E-state index contributed by atoms with van der Waals surface area (Å²) in [5.74, 6) is -1.36. The van der Waals surface area contributed by atoms with E-state index in [2.05, 4.69) is 24.3 Å². The minimum absolute atomic E-state index is 0.0795. The van der Waals surface area contributed by atoms with Crippen LogP contribution in [-0.2, 0) is 26.2 Å². The fourth-order valence-electron chi connectivity index (χ4n) is 3.85. The van der Waals surface area contributed by atoms with Crippen molar-refractivity contribution < 1.29 is 19.1 Å². The zero-order chi connectivity index (χ0) is 22.7. The van der Waals surface area contributed by atoms with Gasteiger partial charge in [0.15, 0.2) is 6.61 Å². The maximum Gasteiger partial charge on any atom is 0.311 e. The minimum Gasteiger partial charge on any atom is -0.455 e. The van der Waals surface area contributed by atoms with E-state index in [1.54, 1.807) is 23.6 Å². The first-order chi connectivity index (χ1) is 14.7. The number of rotatable bonds is 7. The van der Waals surface area contributed by atoms with Gasteiger partial charge in [-0.05, 0) is 37.8 Å². The van der Waals surface area contributed by atoms with Crippen LogP contribution in [0.1, 0.15) is 49.6 Å². The Morgan fingerprint density at radius 3 is 2.65 bits per heavy atom. The third-order valence-electron chi connectivity index (χ3n) is 5.95. The number of anilines is 2. The van der Waals surface area contributed by atoms with Crippen molar-refractivity contribution in [3.63, 3.8) is 0 Å². The van der Waals surface area contributed by atoms with Gasteiger partial charge in [-0.1, -0.05) is 32.0 Å². The number of esters is 1. The second kappa shape index (κ2) is 9.32. The Morgan fingerprint density at radius 2 is 2.00 bits per heavy atom. The van der Waals surface area contributed by atoms with Gasteiger partial charge in [0, 0.05) is 25.7 Å². The summed E-state index contributed by atoms with van der Waals surface area (Å²) < 4.78 is 6.89. The summed E-state index contributed by atoms with van der Waals surface area (Å²) in [4.78, 5) is 39.1. The summed E-state index contributed by atoms with van der Waals surface area (Å²) >= 11 is 0. The molecule has 3 rings (SSSR count). The molecular formula is C23H30N4O4. The molecule has 0 unspecified atom stereocenters. The Morgan fingerprint density at radius 1 is 1.29 bits per heavy atom. The number of amides is 2. The van der Waals surface area contributed by atoms with E-state index in [9.17, 15) is 14.4 Å². The third kappa shape index (κ3) is 4.78. The molecule has 2 atom stereocenters. The summed E-state index contributed by atoms with van der Waals surface area (Å²) in [5, 5.41) is 6.98. The first kappa shape index (κ1) is 22.5. The second-order valence-corrected chi connectivity index (χ2v) is 8.10. The molecule has 1 aliphatic heterocycles. The van der Waals surface area contributed by atoms with Crippen molar-refractivity contribution in [3.8, 4) is 0 Å². The van der Waals surface area contributed by atoms with Crippen molar-refractivity contribution in [2.24, 2.45) is 13.0 Å². The van der Waals surface area contributed by atoms with Gasteiger partial charge in [0.25, 0.3) is 5.91 Å². The molecule has 2 heterocycles. The fourth-order valence-corrected chi connectivity index (χ4v) is 3.85. The lowest BCUT2D eigenvalue weighted by Gasteiger charge is -2.23. The highest BCUT2D eigenvalue weighted by atomic mass is 16.5. The summed E-state index contributed by atoms with van der Waals surface area (Å²) in [7, 11) is 1.79. The van der Waals surface area contributed by atoms with Crippen molar-refractivity contribution >= 4 is 29.2 Å². The molecule has 0 spiro atoms. The normalized spacial score (nSPS) is 17.0. The van der Waals surface area contributed by atoms with Crippen LogP contribution in [0, 0.1) is 19.8 Å². The van der Waals surface area contributed by atoms with Gasteiger partial charge in [-0.25, -0.2) is 0 Å². The number of ether oxygens (including phenoxy) is 1. The van der Waals surface area contributed by atoms with Crippen LogP contribution in [0.5, 0.6) is 0 Å². The Balaban J connectivity index is 1.60. The van der Waals surface area contributed by atoms with Crippen LogP contribution in [0.2, 0.25) is 0 Å². The van der Waals surface area contributed by atoms with E-state index in [1.165, 1.54) is 0 Å². The smallest absolute Gasteiger partial charge is 0.311 e. The number of para-hydroxylation sites is 1. The lowest BCUT2D eigenvalue weighted by atomic mass is 9.96. The lowest BCUT2D eigenvalue weighted by molar-refractivity contribution is -0.151. The van der Waals surface area contributed by atoms with Gasteiger partial charge in [0.05, 0.1) is 23.0 Å². The van der Waals surface area contributed by atoms with Gasteiger partial charge in [0.1, 0.15) is 0 Å². The van der Waals surface area contributed by atoms with Crippen LogP contribution in [0.25, 0.3) is 0 Å². The number of aryl methyl sites for hydroxylation is 2. The molecule has 8 nitrogen and oxygen atoms in total. The molecule has 0 radical (unpaired) electrons. The van der Waals surface area contributed by atoms with Crippen LogP contribution < -0.4 is 10.2 Å². The van der Waals surface area contributed by atoms with E-state index in [4.69, 9.17) is 4.74 Å². The summed E-state index contributed by atoms with van der Waals surface area (Å²) in [6.45, 7) is 7.72. The summed E-state index contributed by atoms with van der Waals surface area (Å²) in [5.41, 5.74) is 4.06. The maximum absolute atomic E-state index is 12.6. The highest BCUT2D eigenvalue weighted by molar-refractivity contribution is 6.00. The molecule has 1 aromatic heterocycles. The van der Waals surface area contributed by atoms with Crippen molar-refractivity contribution in [1.82, 2.24) is 9.78 Å². The molecule has 0 saturated carbocycles. The van der Waals surface area contributed by atoms with Gasteiger partial charge >= 0.3 is 5.97 Å². The van der Waals surface area contributed by atoms with E-state index < -0.39 is 24.4 Å². The van der Waals surface area contributed by atoms with E-state index in [0.29, 0.717) is 17.3 Å². The van der Waals surface area contributed by atoms with Crippen LogP contribution in [0.3, 0.4) is 0 Å². The monoisotopic (exact) mass is 426 g/mol. The Kier molecular flexibility index (Phi) is 6.77. The van der Waals surface area contributed by atoms with Crippen LogP contribution >= 0.6 is 0 Å². The molecule has 0 bridgehead atoms. The quantitative estimate of drug-likeness (QED) is 0.687. The van der Waals surface area contributed by atoms with E-state index in [1.807, 2.05) is 31.2 Å². The molecule has 1 aliphatic rings. The van der Waals surface area contributed by atoms with Gasteiger partial charge in [-0.3, -0.25) is 19.1 Å². The molecule has 1 saturated heterocycles. The maximum atomic E-state index is 12.6. The molecule has 1 fully saturated rings. The molecular weight excluding hydrogens is 396 g/mol. The number of benzene rings is 1. The average molecular weight is 427 g/mol. The SMILES string of the molecule is CC[C@H](C)c1ccccc1N1C[C@@H](C(=O)OCC(=O)Nc2c(C)nn(C)c2C)CC1=O. The summed E-state index contributed by atoms with van der Waals surface area (Å²) in [6.07, 6.45) is 1.03. The molecule has 166 valence electrons. The first-order valence-electron chi connectivity index (χ1n) is 10.6. The number of nitrogens with zero attached hydrogens (tertiary/aromatic N) is 3. The van der Waals surface area contributed by atoms with Crippen molar-refractivity contribution in [2.75, 3.05) is 23.4 Å². The number of aromatic nitrogens is 2. The Labute approximate surface area is 182 Å². The average Bonchev–Trinajstić information content (AvgIpc) is 3.26. The number of nitrogens with one attached hydrogen (secondary N) is 1. The molecule has 8 heteroatoms. The highest BCUT2D eigenvalue weighted by Crippen LogP contribution is 2.33.